The lowest BCUT2D eigenvalue weighted by atomic mass is 9.89. The summed E-state index contributed by atoms with van der Waals surface area (Å²) in [5.41, 5.74) is 6.55. The van der Waals surface area contributed by atoms with E-state index >= 15 is 0 Å². The van der Waals surface area contributed by atoms with E-state index in [1.807, 2.05) is 0 Å². The molecule has 0 heterocycles. The van der Waals surface area contributed by atoms with Crippen molar-refractivity contribution in [2.45, 2.75) is 37.0 Å². The second-order valence-corrected chi connectivity index (χ2v) is 6.72. The van der Waals surface area contributed by atoms with Gasteiger partial charge in [0.1, 0.15) is 4.90 Å². The summed E-state index contributed by atoms with van der Waals surface area (Å²) in [5, 5.41) is 8.41. The molecule has 1 aliphatic carbocycles. The number of nitrogens with one attached hydrogen (secondary N) is 1. The zero-order valence-electron chi connectivity index (χ0n) is 10.9. The normalized spacial score (nSPS) is 17.3. The van der Waals surface area contributed by atoms with Gasteiger partial charge in [-0.05, 0) is 37.0 Å². The van der Waals surface area contributed by atoms with E-state index in [0.29, 0.717) is 17.3 Å². The van der Waals surface area contributed by atoms with Gasteiger partial charge in [0.2, 0.25) is 10.0 Å². The van der Waals surface area contributed by atoms with E-state index in [2.05, 4.69) is 5.32 Å². The minimum Gasteiger partial charge on any atom is -0.399 e. The predicted molar refractivity (Wildman–Crippen MR) is 77.3 cm³/mol. The molecule has 0 bridgehead atoms. The highest BCUT2D eigenvalue weighted by atomic mass is 32.2. The van der Waals surface area contributed by atoms with Gasteiger partial charge in [-0.1, -0.05) is 19.3 Å². The molecule has 106 valence electrons. The van der Waals surface area contributed by atoms with Gasteiger partial charge >= 0.3 is 0 Å². The van der Waals surface area contributed by atoms with Crippen LogP contribution < -0.4 is 16.2 Å². The average molecular weight is 283 g/mol. The smallest absolute Gasteiger partial charge is 0.240 e. The van der Waals surface area contributed by atoms with Crippen LogP contribution >= 0.6 is 0 Å². The number of anilines is 2. The summed E-state index contributed by atoms with van der Waals surface area (Å²) in [6.45, 7) is 0.784. The molecular formula is C13H21N3O2S. The van der Waals surface area contributed by atoms with Crippen molar-refractivity contribution in [3.8, 4) is 0 Å². The van der Waals surface area contributed by atoms with Crippen LogP contribution in [-0.4, -0.2) is 15.0 Å². The van der Waals surface area contributed by atoms with E-state index in [1.165, 1.54) is 38.2 Å². The van der Waals surface area contributed by atoms with Gasteiger partial charge in [0.15, 0.2) is 0 Å². The third-order valence-corrected chi connectivity index (χ3v) is 4.57. The minimum absolute atomic E-state index is 0.0725. The van der Waals surface area contributed by atoms with Gasteiger partial charge in [-0.3, -0.25) is 0 Å². The molecule has 0 radical (unpaired) electrons. The van der Waals surface area contributed by atoms with Crippen LogP contribution in [0.1, 0.15) is 32.1 Å². The lowest BCUT2D eigenvalue weighted by Gasteiger charge is -2.23. The summed E-state index contributed by atoms with van der Waals surface area (Å²) in [6.07, 6.45) is 6.23. The second-order valence-electron chi connectivity index (χ2n) is 5.19. The van der Waals surface area contributed by atoms with Crippen molar-refractivity contribution >= 4 is 21.4 Å². The molecule has 1 saturated carbocycles. The second kappa shape index (κ2) is 5.79. The molecule has 0 amide bonds. The van der Waals surface area contributed by atoms with Crippen LogP contribution in [0.25, 0.3) is 0 Å². The molecule has 5 N–H and O–H groups in total. The van der Waals surface area contributed by atoms with E-state index in [1.54, 1.807) is 12.1 Å². The molecule has 1 aromatic rings. The Balaban J connectivity index is 2.11. The molecule has 0 spiro atoms. The maximum Gasteiger partial charge on any atom is 0.240 e. The largest absolute Gasteiger partial charge is 0.399 e. The Hall–Kier alpha value is -1.27. The Morgan fingerprint density at radius 1 is 1.21 bits per heavy atom. The number of hydrogen-bond donors (Lipinski definition) is 3. The number of rotatable bonds is 4. The highest BCUT2D eigenvalue weighted by Crippen LogP contribution is 2.26. The van der Waals surface area contributed by atoms with Crippen molar-refractivity contribution in [2.75, 3.05) is 17.6 Å². The predicted octanol–water partition coefficient (Wildman–Crippen LogP) is 1.91. The Bertz CT molecular complexity index is 537. The van der Waals surface area contributed by atoms with E-state index in [4.69, 9.17) is 10.9 Å². The summed E-state index contributed by atoms with van der Waals surface area (Å²) >= 11 is 0. The lowest BCUT2D eigenvalue weighted by Crippen LogP contribution is -2.20. The zero-order chi connectivity index (χ0) is 13.9. The van der Waals surface area contributed by atoms with Crippen LogP contribution in [0.3, 0.4) is 0 Å². The van der Waals surface area contributed by atoms with Crippen molar-refractivity contribution in [2.24, 2.45) is 11.1 Å². The average Bonchev–Trinajstić information content (AvgIpc) is 2.37. The maximum absolute atomic E-state index is 11.5. The number of nitrogens with two attached hydrogens (primary N) is 2. The van der Waals surface area contributed by atoms with Gasteiger partial charge in [-0.25, -0.2) is 13.6 Å². The Morgan fingerprint density at radius 2 is 1.89 bits per heavy atom. The monoisotopic (exact) mass is 283 g/mol. The first-order chi connectivity index (χ1) is 8.97. The van der Waals surface area contributed by atoms with Crippen LogP contribution in [-0.2, 0) is 10.0 Å². The molecule has 2 rings (SSSR count). The number of nitrogen functional groups attached to an aromatic ring is 1. The van der Waals surface area contributed by atoms with Crippen LogP contribution in [0.4, 0.5) is 11.4 Å². The fourth-order valence-corrected chi connectivity index (χ4v) is 3.31. The topological polar surface area (TPSA) is 98.2 Å². The van der Waals surface area contributed by atoms with Crippen molar-refractivity contribution in [1.29, 1.82) is 0 Å². The summed E-state index contributed by atoms with van der Waals surface area (Å²) in [5.74, 6) is 0.611. The van der Waals surface area contributed by atoms with Crippen LogP contribution in [0, 0.1) is 5.92 Å². The van der Waals surface area contributed by atoms with E-state index in [0.717, 1.165) is 6.54 Å². The summed E-state index contributed by atoms with van der Waals surface area (Å²) in [7, 11) is -3.75. The number of sulfonamides is 1. The summed E-state index contributed by atoms with van der Waals surface area (Å²) in [4.78, 5) is 0.0725. The van der Waals surface area contributed by atoms with Crippen LogP contribution in [0.2, 0.25) is 0 Å². The minimum atomic E-state index is -3.75. The number of hydrogen-bond acceptors (Lipinski definition) is 4. The Morgan fingerprint density at radius 3 is 2.53 bits per heavy atom. The fraction of sp³-hybridized carbons (Fsp3) is 0.538. The molecule has 0 aromatic heterocycles. The standard InChI is InChI=1S/C13H21N3O2S/c14-11-6-7-12(13(8-11)19(15,17)18)16-9-10-4-2-1-3-5-10/h6-8,10,16H,1-5,9,14H2,(H2,15,17,18). The van der Waals surface area contributed by atoms with E-state index < -0.39 is 10.0 Å². The molecule has 19 heavy (non-hydrogen) atoms. The Labute approximate surface area is 114 Å². The highest BCUT2D eigenvalue weighted by molar-refractivity contribution is 7.89. The summed E-state index contributed by atoms with van der Waals surface area (Å²) < 4.78 is 23.1. The Kier molecular flexibility index (Phi) is 4.31. The molecule has 0 unspecified atom stereocenters. The quantitative estimate of drug-likeness (QED) is 0.735. The third kappa shape index (κ3) is 3.84. The van der Waals surface area contributed by atoms with E-state index in [-0.39, 0.29) is 4.90 Å². The van der Waals surface area contributed by atoms with Crippen LogP contribution in [0.5, 0.6) is 0 Å². The molecule has 0 saturated heterocycles. The van der Waals surface area contributed by atoms with Crippen LogP contribution in [0.15, 0.2) is 23.1 Å². The van der Waals surface area contributed by atoms with Crippen molar-refractivity contribution in [3.63, 3.8) is 0 Å². The van der Waals surface area contributed by atoms with Crippen molar-refractivity contribution in [3.05, 3.63) is 18.2 Å². The first kappa shape index (κ1) is 14.1. The number of primary sulfonamides is 1. The zero-order valence-corrected chi connectivity index (χ0v) is 11.7. The first-order valence-electron chi connectivity index (χ1n) is 6.63. The maximum atomic E-state index is 11.5. The molecule has 1 aliphatic rings. The van der Waals surface area contributed by atoms with Gasteiger partial charge in [-0.15, -0.1) is 0 Å². The van der Waals surface area contributed by atoms with Gasteiger partial charge in [0.25, 0.3) is 0 Å². The highest BCUT2D eigenvalue weighted by Gasteiger charge is 2.17. The molecule has 0 atom stereocenters. The van der Waals surface area contributed by atoms with Gasteiger partial charge in [-0.2, -0.15) is 0 Å². The summed E-state index contributed by atoms with van der Waals surface area (Å²) in [6, 6.07) is 4.76. The molecule has 1 aromatic carbocycles. The molecule has 1 fully saturated rings. The lowest BCUT2D eigenvalue weighted by molar-refractivity contribution is 0.373. The third-order valence-electron chi connectivity index (χ3n) is 3.62. The van der Waals surface area contributed by atoms with Gasteiger partial charge < -0.3 is 11.1 Å². The number of benzene rings is 1. The molecule has 6 heteroatoms. The molecule has 0 aliphatic heterocycles. The van der Waals surface area contributed by atoms with E-state index in [9.17, 15) is 8.42 Å². The molecular weight excluding hydrogens is 262 g/mol. The van der Waals surface area contributed by atoms with Crippen molar-refractivity contribution < 1.29 is 8.42 Å². The fourth-order valence-electron chi connectivity index (χ4n) is 2.57. The first-order valence-corrected chi connectivity index (χ1v) is 8.17. The van der Waals surface area contributed by atoms with Gasteiger partial charge in [0.05, 0.1) is 5.69 Å². The van der Waals surface area contributed by atoms with Gasteiger partial charge in [0, 0.05) is 12.2 Å². The SMILES string of the molecule is Nc1ccc(NCC2CCCCC2)c(S(N)(=O)=O)c1. The van der Waals surface area contributed by atoms with Crippen molar-refractivity contribution in [1.82, 2.24) is 0 Å². The molecule has 5 nitrogen and oxygen atoms in total.